The van der Waals surface area contributed by atoms with Crippen molar-refractivity contribution in [2.75, 3.05) is 13.2 Å². The molecule has 0 saturated carbocycles. The summed E-state index contributed by atoms with van der Waals surface area (Å²) in [5.74, 6) is 6.84. The SMILES string of the molecule is C#CCOc1ccc(C(CC)c2ccc(OCC#C)cc2)cc1. The topological polar surface area (TPSA) is 18.5 Å². The molecule has 2 nitrogen and oxygen atoms in total. The molecule has 2 aromatic carbocycles. The summed E-state index contributed by atoms with van der Waals surface area (Å²) in [7, 11) is 0. The molecule has 23 heavy (non-hydrogen) atoms. The Kier molecular flexibility index (Phi) is 6.16. The molecule has 2 rings (SSSR count). The number of terminal acetylenes is 2. The predicted molar refractivity (Wildman–Crippen MR) is 93.7 cm³/mol. The van der Waals surface area contributed by atoms with Gasteiger partial charge in [-0.25, -0.2) is 0 Å². The molecule has 0 aromatic heterocycles. The van der Waals surface area contributed by atoms with Gasteiger partial charge < -0.3 is 9.47 Å². The van der Waals surface area contributed by atoms with Crippen molar-refractivity contribution in [1.82, 2.24) is 0 Å². The summed E-state index contributed by atoms with van der Waals surface area (Å²) in [4.78, 5) is 0. The molecule has 0 spiro atoms. The summed E-state index contributed by atoms with van der Waals surface area (Å²) in [6.45, 7) is 2.75. The number of rotatable bonds is 7. The van der Waals surface area contributed by atoms with Crippen LogP contribution in [-0.4, -0.2) is 13.2 Å². The molecule has 0 amide bonds. The third-order valence-electron chi connectivity index (χ3n) is 3.62. The molecule has 2 heteroatoms. The maximum Gasteiger partial charge on any atom is 0.148 e. The Balaban J connectivity index is 2.12. The summed E-state index contributed by atoms with van der Waals surface area (Å²) >= 11 is 0. The first-order valence-electron chi connectivity index (χ1n) is 7.61. The molecule has 0 unspecified atom stereocenters. The molecule has 0 aliphatic carbocycles. The highest BCUT2D eigenvalue weighted by Crippen LogP contribution is 2.30. The number of hydrogen-bond acceptors (Lipinski definition) is 2. The van der Waals surface area contributed by atoms with E-state index < -0.39 is 0 Å². The summed E-state index contributed by atoms with van der Waals surface area (Å²) in [5.41, 5.74) is 2.50. The maximum absolute atomic E-state index is 5.41. The molecule has 0 N–H and O–H groups in total. The van der Waals surface area contributed by atoms with Gasteiger partial charge in [0.05, 0.1) is 0 Å². The standard InChI is InChI=1S/C21H20O2/c1-4-15-22-19-11-7-17(8-12-19)21(6-3)18-9-13-20(14-10-18)23-16-5-2/h1-2,7-14,21H,6,15-16H2,3H3. The lowest BCUT2D eigenvalue weighted by Crippen LogP contribution is -2.01. The van der Waals surface area contributed by atoms with Crippen LogP contribution in [-0.2, 0) is 0 Å². The zero-order valence-corrected chi connectivity index (χ0v) is 13.3. The fraction of sp³-hybridized carbons (Fsp3) is 0.238. The van der Waals surface area contributed by atoms with E-state index in [1.54, 1.807) is 0 Å². The van der Waals surface area contributed by atoms with E-state index >= 15 is 0 Å². The third kappa shape index (κ3) is 4.56. The lowest BCUT2D eigenvalue weighted by molar-refractivity contribution is 0.370. The van der Waals surface area contributed by atoms with Crippen LogP contribution in [0.2, 0.25) is 0 Å². The van der Waals surface area contributed by atoms with Crippen LogP contribution in [0.15, 0.2) is 48.5 Å². The zero-order chi connectivity index (χ0) is 16.5. The summed E-state index contributed by atoms with van der Waals surface area (Å²) in [6.07, 6.45) is 11.4. The van der Waals surface area contributed by atoms with Crippen LogP contribution in [0.3, 0.4) is 0 Å². The van der Waals surface area contributed by atoms with Crippen molar-refractivity contribution < 1.29 is 9.47 Å². The van der Waals surface area contributed by atoms with Crippen molar-refractivity contribution in [2.45, 2.75) is 19.3 Å². The number of benzene rings is 2. The summed E-state index contributed by atoms with van der Waals surface area (Å²) in [6, 6.07) is 16.2. The predicted octanol–water partition coefficient (Wildman–Crippen LogP) is 4.25. The lowest BCUT2D eigenvalue weighted by atomic mass is 9.89. The summed E-state index contributed by atoms with van der Waals surface area (Å²) in [5, 5.41) is 0. The second kappa shape index (κ2) is 8.57. The van der Waals surface area contributed by atoms with Gasteiger partial charge in [0.25, 0.3) is 0 Å². The molecule has 2 aromatic rings. The molecule has 0 aliphatic rings. The minimum atomic E-state index is 0.287. The van der Waals surface area contributed by atoms with Crippen molar-refractivity contribution in [2.24, 2.45) is 0 Å². The molecule has 0 heterocycles. The minimum Gasteiger partial charge on any atom is -0.481 e. The third-order valence-corrected chi connectivity index (χ3v) is 3.62. The normalized spacial score (nSPS) is 9.91. The van der Waals surface area contributed by atoms with E-state index in [9.17, 15) is 0 Å². The second-order valence-corrected chi connectivity index (χ2v) is 5.08. The smallest absolute Gasteiger partial charge is 0.148 e. The molecule has 0 radical (unpaired) electrons. The Hall–Kier alpha value is -2.84. The van der Waals surface area contributed by atoms with E-state index in [2.05, 4.69) is 43.0 Å². The molecule has 0 atom stereocenters. The van der Waals surface area contributed by atoms with Gasteiger partial charge in [0.15, 0.2) is 0 Å². The van der Waals surface area contributed by atoms with Gasteiger partial charge in [0.2, 0.25) is 0 Å². The lowest BCUT2D eigenvalue weighted by Gasteiger charge is -2.17. The van der Waals surface area contributed by atoms with Crippen LogP contribution in [0.1, 0.15) is 30.4 Å². The molecular formula is C21H20O2. The Morgan fingerprint density at radius 2 is 1.17 bits per heavy atom. The van der Waals surface area contributed by atoms with Crippen LogP contribution < -0.4 is 9.47 Å². The highest BCUT2D eigenvalue weighted by atomic mass is 16.5. The van der Waals surface area contributed by atoms with Crippen LogP contribution in [0, 0.1) is 24.7 Å². The summed E-state index contributed by atoms with van der Waals surface area (Å²) < 4.78 is 10.8. The molecule has 0 bridgehead atoms. The van der Waals surface area contributed by atoms with Crippen molar-refractivity contribution in [1.29, 1.82) is 0 Å². The van der Waals surface area contributed by atoms with Gasteiger partial charge >= 0.3 is 0 Å². The van der Waals surface area contributed by atoms with Crippen LogP contribution >= 0.6 is 0 Å². The highest BCUT2D eigenvalue weighted by molar-refractivity contribution is 5.38. The van der Waals surface area contributed by atoms with Crippen LogP contribution in [0.4, 0.5) is 0 Å². The fourth-order valence-electron chi connectivity index (χ4n) is 2.51. The Bertz CT molecular complexity index is 623. The zero-order valence-electron chi connectivity index (χ0n) is 13.3. The largest absolute Gasteiger partial charge is 0.481 e. The quantitative estimate of drug-likeness (QED) is 0.712. The van der Waals surface area contributed by atoms with E-state index in [0.29, 0.717) is 5.92 Å². The van der Waals surface area contributed by atoms with Crippen molar-refractivity contribution in [3.63, 3.8) is 0 Å². The van der Waals surface area contributed by atoms with E-state index in [4.69, 9.17) is 22.3 Å². The van der Waals surface area contributed by atoms with Gasteiger partial charge in [-0.15, -0.1) is 12.8 Å². The number of hydrogen-bond donors (Lipinski definition) is 0. The average molecular weight is 304 g/mol. The van der Waals surface area contributed by atoms with Gasteiger partial charge in [0, 0.05) is 5.92 Å². The van der Waals surface area contributed by atoms with Crippen LogP contribution in [0.25, 0.3) is 0 Å². The fourth-order valence-corrected chi connectivity index (χ4v) is 2.51. The Labute approximate surface area is 138 Å². The average Bonchev–Trinajstić information content (AvgIpc) is 2.61. The first kappa shape index (κ1) is 16.5. The second-order valence-electron chi connectivity index (χ2n) is 5.08. The van der Waals surface area contributed by atoms with Gasteiger partial charge in [-0.2, -0.15) is 0 Å². The molecule has 0 fully saturated rings. The monoisotopic (exact) mass is 304 g/mol. The van der Waals surface area contributed by atoms with Gasteiger partial charge in [-0.1, -0.05) is 43.0 Å². The molecule has 0 aliphatic heterocycles. The van der Waals surface area contributed by atoms with E-state index in [1.165, 1.54) is 11.1 Å². The first-order chi connectivity index (χ1) is 11.3. The van der Waals surface area contributed by atoms with E-state index in [-0.39, 0.29) is 13.2 Å². The van der Waals surface area contributed by atoms with Gasteiger partial charge in [0.1, 0.15) is 24.7 Å². The molecule has 0 saturated heterocycles. The molecular weight excluding hydrogens is 284 g/mol. The van der Waals surface area contributed by atoms with Gasteiger partial charge in [-0.05, 0) is 41.8 Å². The number of ether oxygens (including phenoxy) is 2. The van der Waals surface area contributed by atoms with Crippen molar-refractivity contribution >= 4 is 0 Å². The minimum absolute atomic E-state index is 0.287. The Morgan fingerprint density at radius 3 is 1.48 bits per heavy atom. The first-order valence-corrected chi connectivity index (χ1v) is 7.61. The van der Waals surface area contributed by atoms with Gasteiger partial charge in [-0.3, -0.25) is 0 Å². The highest BCUT2D eigenvalue weighted by Gasteiger charge is 2.12. The van der Waals surface area contributed by atoms with E-state index in [1.807, 2.05) is 24.3 Å². The van der Waals surface area contributed by atoms with E-state index in [0.717, 1.165) is 17.9 Å². The van der Waals surface area contributed by atoms with Crippen molar-refractivity contribution in [3.8, 4) is 36.2 Å². The maximum atomic E-state index is 5.41. The van der Waals surface area contributed by atoms with Crippen LogP contribution in [0.5, 0.6) is 11.5 Å². The van der Waals surface area contributed by atoms with Crippen molar-refractivity contribution in [3.05, 3.63) is 59.7 Å². The molecule has 116 valence electrons. The Morgan fingerprint density at radius 1 is 0.783 bits per heavy atom.